The van der Waals surface area contributed by atoms with Crippen LogP contribution in [0.15, 0.2) is 54.6 Å². The number of hydrogen-bond donors (Lipinski definition) is 3. The molecule has 0 aromatic carbocycles. The molecule has 0 saturated carbocycles. The highest BCUT2D eigenvalue weighted by atomic mass is 32.1. The molecule has 0 bridgehead atoms. The Morgan fingerprint density at radius 2 is 2.09 bits per heavy atom. The molecule has 0 spiro atoms. The second kappa shape index (κ2) is 6.99. The number of allylic oxidation sites excluding steroid dienone is 3. The number of nitrogens with zero attached hydrogens (tertiary/aromatic N) is 5. The number of imidazole rings is 1. The lowest BCUT2D eigenvalue weighted by molar-refractivity contribution is 0.657. The minimum Gasteiger partial charge on any atom is -0.402 e. The van der Waals surface area contributed by atoms with Crippen LogP contribution in [0, 0.1) is 5.13 Å². The monoisotopic (exact) mass is 444 g/mol. The quantitative estimate of drug-likeness (QED) is 0.392. The molecule has 10 heteroatoms. The van der Waals surface area contributed by atoms with Gasteiger partial charge in [-0.3, -0.25) is 9.78 Å². The molecule has 158 valence electrons. The summed E-state index contributed by atoms with van der Waals surface area (Å²) in [4.78, 5) is 13.5. The molecule has 0 atom stereocenters. The van der Waals surface area contributed by atoms with E-state index >= 15 is 0 Å². The summed E-state index contributed by atoms with van der Waals surface area (Å²) in [7, 11) is 1.87. The maximum absolute atomic E-state index is 13.7. The number of halogens is 1. The third-order valence-corrected chi connectivity index (χ3v) is 6.31. The van der Waals surface area contributed by atoms with Crippen LogP contribution in [0.5, 0.6) is 0 Å². The van der Waals surface area contributed by atoms with Gasteiger partial charge in [-0.2, -0.15) is 14.6 Å². The van der Waals surface area contributed by atoms with Gasteiger partial charge in [-0.25, -0.2) is 9.97 Å². The first kappa shape index (κ1) is 18.7. The SMILES string of the molecule is Cn1cc(-c2cnc3n[nH]c(-c4nc5c([nH]4)CC(N)=CC=C5c4ccc(F)s4)c3c2)cn1. The number of aryl methyl sites for hydroxylation is 1. The van der Waals surface area contributed by atoms with Gasteiger partial charge in [0.15, 0.2) is 16.6 Å². The number of nitrogens with one attached hydrogen (secondary N) is 2. The smallest absolute Gasteiger partial charge is 0.181 e. The molecule has 5 aromatic rings. The van der Waals surface area contributed by atoms with E-state index in [1.54, 1.807) is 23.1 Å². The molecular formula is C22H17FN8S. The number of rotatable bonds is 3. The first-order valence-electron chi connectivity index (χ1n) is 9.90. The molecule has 8 nitrogen and oxygen atoms in total. The van der Waals surface area contributed by atoms with Gasteiger partial charge in [0.25, 0.3) is 0 Å². The van der Waals surface area contributed by atoms with E-state index in [9.17, 15) is 4.39 Å². The van der Waals surface area contributed by atoms with Crippen LogP contribution < -0.4 is 5.73 Å². The Hall–Kier alpha value is -4.05. The summed E-state index contributed by atoms with van der Waals surface area (Å²) in [6.45, 7) is 0. The topological polar surface area (TPSA) is 114 Å². The Morgan fingerprint density at radius 1 is 1.19 bits per heavy atom. The van der Waals surface area contributed by atoms with E-state index in [0.717, 1.165) is 55.4 Å². The van der Waals surface area contributed by atoms with Crippen molar-refractivity contribution in [2.75, 3.05) is 0 Å². The Bertz CT molecular complexity index is 1550. The fraction of sp³-hybridized carbons (Fsp3) is 0.0909. The molecule has 5 aromatic heterocycles. The molecule has 0 radical (unpaired) electrons. The number of hydrogen-bond acceptors (Lipinski definition) is 6. The average Bonchev–Trinajstić information content (AvgIpc) is 3.55. The Balaban J connectivity index is 1.48. The molecule has 0 amide bonds. The van der Waals surface area contributed by atoms with Crippen LogP contribution in [-0.4, -0.2) is 34.9 Å². The predicted octanol–water partition coefficient (Wildman–Crippen LogP) is 3.78. The summed E-state index contributed by atoms with van der Waals surface area (Å²) in [5.41, 5.74) is 12.5. The summed E-state index contributed by atoms with van der Waals surface area (Å²) >= 11 is 1.08. The lowest BCUT2D eigenvalue weighted by Crippen LogP contribution is -2.01. The second-order valence-electron chi connectivity index (χ2n) is 7.61. The highest BCUT2D eigenvalue weighted by Gasteiger charge is 2.22. The van der Waals surface area contributed by atoms with E-state index in [2.05, 4.69) is 25.3 Å². The summed E-state index contributed by atoms with van der Waals surface area (Å²) in [5.74, 6) is 0.625. The van der Waals surface area contributed by atoms with Crippen molar-refractivity contribution in [2.24, 2.45) is 12.8 Å². The lowest BCUT2D eigenvalue weighted by Gasteiger charge is -2.02. The van der Waals surface area contributed by atoms with Gasteiger partial charge in [-0.1, -0.05) is 0 Å². The third kappa shape index (κ3) is 3.04. The number of fused-ring (bicyclic) bond motifs is 2. The average molecular weight is 444 g/mol. The first-order chi connectivity index (χ1) is 15.5. The van der Waals surface area contributed by atoms with Crippen LogP contribution in [0.25, 0.3) is 39.3 Å². The van der Waals surface area contributed by atoms with Crippen LogP contribution in [0.4, 0.5) is 4.39 Å². The number of nitrogens with two attached hydrogens (primary N) is 1. The minimum atomic E-state index is -0.243. The van der Waals surface area contributed by atoms with E-state index in [1.165, 1.54) is 6.07 Å². The Morgan fingerprint density at radius 3 is 2.88 bits per heavy atom. The molecule has 0 unspecified atom stereocenters. The number of aromatic nitrogens is 7. The van der Waals surface area contributed by atoms with Crippen LogP contribution in [-0.2, 0) is 13.5 Å². The zero-order chi connectivity index (χ0) is 21.8. The van der Waals surface area contributed by atoms with E-state index < -0.39 is 0 Å². The van der Waals surface area contributed by atoms with Crippen molar-refractivity contribution in [2.45, 2.75) is 6.42 Å². The summed E-state index contributed by atoms with van der Waals surface area (Å²) in [6.07, 6.45) is 9.76. The zero-order valence-corrected chi connectivity index (χ0v) is 17.7. The van der Waals surface area contributed by atoms with Crippen molar-refractivity contribution in [3.63, 3.8) is 0 Å². The number of aromatic amines is 2. The molecule has 5 heterocycles. The van der Waals surface area contributed by atoms with Crippen molar-refractivity contribution in [3.8, 4) is 22.6 Å². The van der Waals surface area contributed by atoms with Crippen molar-refractivity contribution < 1.29 is 4.39 Å². The lowest BCUT2D eigenvalue weighted by atomic mass is 10.1. The highest BCUT2D eigenvalue weighted by Crippen LogP contribution is 2.35. The van der Waals surface area contributed by atoms with Crippen LogP contribution in [0.3, 0.4) is 0 Å². The van der Waals surface area contributed by atoms with Gasteiger partial charge >= 0.3 is 0 Å². The second-order valence-corrected chi connectivity index (χ2v) is 8.65. The minimum absolute atomic E-state index is 0.243. The van der Waals surface area contributed by atoms with Crippen molar-refractivity contribution in [1.29, 1.82) is 0 Å². The number of H-pyrrole nitrogens is 2. The van der Waals surface area contributed by atoms with Gasteiger partial charge < -0.3 is 10.7 Å². The van der Waals surface area contributed by atoms with Gasteiger partial charge in [0.05, 0.1) is 17.3 Å². The van der Waals surface area contributed by atoms with Crippen LogP contribution in [0.2, 0.25) is 0 Å². The zero-order valence-electron chi connectivity index (χ0n) is 16.9. The molecule has 0 aliphatic heterocycles. The van der Waals surface area contributed by atoms with Gasteiger partial charge in [0.1, 0.15) is 5.69 Å². The molecule has 6 rings (SSSR count). The maximum Gasteiger partial charge on any atom is 0.181 e. The number of thiophene rings is 1. The largest absolute Gasteiger partial charge is 0.402 e. The van der Waals surface area contributed by atoms with E-state index in [1.807, 2.05) is 31.5 Å². The Labute approximate surface area is 185 Å². The summed E-state index contributed by atoms with van der Waals surface area (Å²) < 4.78 is 15.5. The van der Waals surface area contributed by atoms with Crippen molar-refractivity contribution >= 4 is 27.9 Å². The van der Waals surface area contributed by atoms with E-state index in [-0.39, 0.29) is 5.13 Å². The first-order valence-corrected chi connectivity index (χ1v) is 10.7. The normalized spacial score (nSPS) is 13.7. The molecule has 0 fully saturated rings. The maximum atomic E-state index is 13.7. The van der Waals surface area contributed by atoms with Gasteiger partial charge in [-0.05, 0) is 30.4 Å². The van der Waals surface area contributed by atoms with Gasteiger partial charge in [0.2, 0.25) is 0 Å². The Kier molecular flexibility index (Phi) is 4.08. The summed E-state index contributed by atoms with van der Waals surface area (Å²) in [5, 5.41) is 12.2. The van der Waals surface area contributed by atoms with Crippen molar-refractivity contribution in [3.05, 3.63) is 76.0 Å². The van der Waals surface area contributed by atoms with Crippen molar-refractivity contribution in [1.82, 2.24) is 34.9 Å². The predicted molar refractivity (Wildman–Crippen MR) is 121 cm³/mol. The summed E-state index contributed by atoms with van der Waals surface area (Å²) in [6, 6.07) is 5.24. The van der Waals surface area contributed by atoms with Crippen LogP contribution in [0.1, 0.15) is 16.3 Å². The fourth-order valence-corrected chi connectivity index (χ4v) is 4.63. The molecule has 1 aliphatic carbocycles. The fourth-order valence-electron chi connectivity index (χ4n) is 3.88. The third-order valence-electron chi connectivity index (χ3n) is 5.40. The number of pyridine rings is 1. The molecule has 1 aliphatic rings. The van der Waals surface area contributed by atoms with E-state index in [4.69, 9.17) is 10.7 Å². The van der Waals surface area contributed by atoms with E-state index in [0.29, 0.717) is 23.6 Å². The van der Waals surface area contributed by atoms with Crippen LogP contribution >= 0.6 is 11.3 Å². The van der Waals surface area contributed by atoms with Gasteiger partial charge in [-0.15, -0.1) is 11.3 Å². The van der Waals surface area contributed by atoms with Gasteiger partial charge in [0, 0.05) is 58.8 Å². The molecule has 4 N–H and O–H groups in total. The standard InChI is InChI=1S/C22H17FN8S/c1-31-10-12(9-26-31)11-6-15-20(29-30-21(15)25-8-11)22-27-16-7-13(24)2-3-14(19(16)28-22)17-4-5-18(23)32-17/h2-6,8-10H,7,24H2,1H3,(H,27,28)(H,25,29,30). The molecular weight excluding hydrogens is 427 g/mol. The molecule has 0 saturated heterocycles. The molecule has 32 heavy (non-hydrogen) atoms. The highest BCUT2D eigenvalue weighted by molar-refractivity contribution is 7.11.